The number of sulfonamides is 1. The summed E-state index contributed by atoms with van der Waals surface area (Å²) in [4.78, 5) is 27.4. The highest BCUT2D eigenvalue weighted by Crippen LogP contribution is 2.41. The molecule has 2 aliphatic heterocycles. The predicted octanol–water partition coefficient (Wildman–Crippen LogP) is 1.86. The van der Waals surface area contributed by atoms with Crippen molar-refractivity contribution in [3.8, 4) is 0 Å². The summed E-state index contributed by atoms with van der Waals surface area (Å²) in [6.45, 7) is 5.79. The maximum Gasteiger partial charge on any atom is 0.490 e. The molecule has 0 aromatic carbocycles. The second-order valence-corrected chi connectivity index (χ2v) is 10.4. The van der Waals surface area contributed by atoms with Gasteiger partial charge in [0.1, 0.15) is 0 Å². The van der Waals surface area contributed by atoms with E-state index < -0.39 is 22.2 Å². The highest BCUT2D eigenvalue weighted by molar-refractivity contribution is 7.89. The molecule has 1 N–H and O–H groups in total. The molecule has 8 nitrogen and oxygen atoms in total. The Kier molecular flexibility index (Phi) is 6.95. The highest BCUT2D eigenvalue weighted by Gasteiger charge is 2.49. The number of amides is 1. The lowest BCUT2D eigenvalue weighted by atomic mass is 9.86. The van der Waals surface area contributed by atoms with E-state index in [0.29, 0.717) is 32.6 Å². The monoisotopic (exact) mass is 457 g/mol. The Bertz CT molecular complexity index is 871. The maximum atomic E-state index is 12.3. The second-order valence-electron chi connectivity index (χ2n) is 7.07. The minimum Gasteiger partial charge on any atom is -0.475 e. The fraction of sp³-hybridized carbons (Fsp3) is 0.688. The Hall–Kier alpha value is -1.73. The third kappa shape index (κ3) is 5.89. The molecular weight excluding hydrogens is 435 g/mol. The smallest absolute Gasteiger partial charge is 0.475 e. The van der Waals surface area contributed by atoms with Gasteiger partial charge in [0, 0.05) is 36.9 Å². The molecule has 1 spiro atoms. The quantitative estimate of drug-likeness (QED) is 0.740. The summed E-state index contributed by atoms with van der Waals surface area (Å²) < 4.78 is 57.3. The zero-order valence-electron chi connectivity index (χ0n) is 15.9. The first-order chi connectivity index (χ1) is 13.3. The fourth-order valence-electron chi connectivity index (χ4n) is 3.39. The van der Waals surface area contributed by atoms with Gasteiger partial charge in [-0.15, -0.1) is 11.3 Å². The molecule has 1 amide bonds. The molecule has 13 heteroatoms. The van der Waals surface area contributed by atoms with E-state index >= 15 is 0 Å². The number of thiazole rings is 1. The van der Waals surface area contributed by atoms with Crippen molar-refractivity contribution in [2.75, 3.05) is 25.4 Å². The van der Waals surface area contributed by atoms with Gasteiger partial charge in [-0.1, -0.05) is 0 Å². The van der Waals surface area contributed by atoms with Crippen LogP contribution in [0.3, 0.4) is 0 Å². The van der Waals surface area contributed by atoms with Crippen molar-refractivity contribution in [1.82, 2.24) is 14.2 Å². The minimum absolute atomic E-state index is 0.112. The van der Waals surface area contributed by atoms with E-state index in [1.54, 1.807) is 22.6 Å². The van der Waals surface area contributed by atoms with Crippen molar-refractivity contribution in [1.29, 1.82) is 0 Å². The van der Waals surface area contributed by atoms with Crippen molar-refractivity contribution in [3.05, 3.63) is 16.1 Å². The van der Waals surface area contributed by atoms with Crippen LogP contribution < -0.4 is 0 Å². The first-order valence-corrected chi connectivity index (χ1v) is 11.2. The summed E-state index contributed by atoms with van der Waals surface area (Å²) in [7, 11) is -3.16. The van der Waals surface area contributed by atoms with Crippen molar-refractivity contribution in [2.45, 2.75) is 39.4 Å². The third-order valence-electron chi connectivity index (χ3n) is 4.83. The number of nitrogens with zero attached hydrogens (tertiary/aromatic N) is 3. The molecular formula is C16H22F3N3O5S2. The molecule has 164 valence electrons. The number of carboxylic acid groups (broad SMARTS) is 1. The van der Waals surface area contributed by atoms with Crippen LogP contribution in [0.5, 0.6) is 0 Å². The van der Waals surface area contributed by atoms with Gasteiger partial charge >= 0.3 is 12.1 Å². The van der Waals surface area contributed by atoms with E-state index in [2.05, 4.69) is 4.98 Å². The number of hydrogen-bond donors (Lipinski definition) is 1. The molecule has 2 aliphatic rings. The summed E-state index contributed by atoms with van der Waals surface area (Å²) in [5.41, 5.74) is 0.716. The number of aromatic nitrogens is 1. The van der Waals surface area contributed by atoms with Crippen LogP contribution in [0.15, 0.2) is 5.38 Å². The molecule has 29 heavy (non-hydrogen) atoms. The van der Waals surface area contributed by atoms with Crippen LogP contribution >= 0.6 is 11.3 Å². The number of carbonyl (C=O) groups excluding carboxylic acids is 1. The summed E-state index contributed by atoms with van der Waals surface area (Å²) in [5.74, 6) is -2.52. The van der Waals surface area contributed by atoms with Crippen LogP contribution in [0.4, 0.5) is 13.2 Å². The number of rotatable bonds is 4. The lowest BCUT2D eigenvalue weighted by molar-refractivity contribution is -0.192. The maximum absolute atomic E-state index is 12.3. The molecule has 1 atom stereocenters. The number of likely N-dealkylation sites (tertiary alicyclic amines) is 1. The molecule has 0 bridgehead atoms. The summed E-state index contributed by atoms with van der Waals surface area (Å²) >= 11 is 1.58. The largest absolute Gasteiger partial charge is 0.490 e. The highest BCUT2D eigenvalue weighted by atomic mass is 32.2. The molecule has 0 radical (unpaired) electrons. The topological polar surface area (TPSA) is 108 Å². The number of aryl methyl sites for hydroxylation is 1. The zero-order chi connectivity index (χ0) is 22.0. The molecule has 0 aliphatic carbocycles. The van der Waals surface area contributed by atoms with Crippen molar-refractivity contribution in [3.63, 3.8) is 0 Å². The SMILES string of the molecule is CCS(=O)(=O)N1CCC2(CC(=O)N(Cc3csc(C)n3)C2)C1.O=C(O)C(F)(F)F. The lowest BCUT2D eigenvalue weighted by Crippen LogP contribution is -2.34. The van der Waals surface area contributed by atoms with E-state index in [-0.39, 0.29) is 17.1 Å². The van der Waals surface area contributed by atoms with Gasteiger partial charge in [0.05, 0.1) is 23.0 Å². The van der Waals surface area contributed by atoms with Crippen LogP contribution in [-0.4, -0.2) is 71.2 Å². The number of aliphatic carboxylic acids is 1. The number of carbonyl (C=O) groups is 2. The first-order valence-electron chi connectivity index (χ1n) is 8.75. The van der Waals surface area contributed by atoms with Gasteiger partial charge in [-0.3, -0.25) is 4.79 Å². The molecule has 3 rings (SSSR count). The predicted molar refractivity (Wildman–Crippen MR) is 98.7 cm³/mol. The molecule has 3 heterocycles. The van der Waals surface area contributed by atoms with Gasteiger partial charge in [0.25, 0.3) is 0 Å². The third-order valence-corrected chi connectivity index (χ3v) is 7.48. The average Bonchev–Trinajstić information content (AvgIpc) is 3.28. The Morgan fingerprint density at radius 3 is 2.48 bits per heavy atom. The van der Waals surface area contributed by atoms with E-state index in [1.165, 1.54) is 0 Å². The molecule has 0 saturated carbocycles. The number of carboxylic acids is 1. The van der Waals surface area contributed by atoms with Crippen molar-refractivity contribution >= 4 is 33.2 Å². The number of halogens is 3. The minimum atomic E-state index is -5.08. The van der Waals surface area contributed by atoms with Crippen molar-refractivity contribution < 1.29 is 36.3 Å². The van der Waals surface area contributed by atoms with Gasteiger partial charge in [-0.2, -0.15) is 13.2 Å². The van der Waals surface area contributed by atoms with E-state index in [4.69, 9.17) is 9.90 Å². The fourth-order valence-corrected chi connectivity index (χ4v) is 5.20. The van der Waals surface area contributed by atoms with Crippen molar-refractivity contribution in [2.24, 2.45) is 5.41 Å². The Balaban J connectivity index is 0.000000370. The number of alkyl halides is 3. The standard InChI is InChI=1S/C14H21N3O3S2.C2HF3O2/c1-3-22(19,20)17-5-4-14(10-17)6-13(18)16(9-14)7-12-8-21-11(2)15-12;3-2(4,5)1(6)7/h8H,3-7,9-10H2,1-2H3;(H,6,7). The second kappa shape index (κ2) is 8.56. The Morgan fingerprint density at radius 2 is 2.00 bits per heavy atom. The first kappa shape index (κ1) is 23.5. The van der Waals surface area contributed by atoms with E-state index in [0.717, 1.165) is 17.1 Å². The van der Waals surface area contributed by atoms with Gasteiger partial charge in [-0.25, -0.2) is 22.5 Å². The van der Waals surface area contributed by atoms with Crippen LogP contribution in [-0.2, 0) is 26.2 Å². The van der Waals surface area contributed by atoms with Crippen LogP contribution in [0.2, 0.25) is 0 Å². The van der Waals surface area contributed by atoms with Crippen LogP contribution in [0, 0.1) is 12.3 Å². The lowest BCUT2D eigenvalue weighted by Gasteiger charge is -2.23. The Labute approximate surface area is 170 Å². The van der Waals surface area contributed by atoms with Crippen LogP contribution in [0.1, 0.15) is 30.5 Å². The summed E-state index contributed by atoms with van der Waals surface area (Å²) in [6.07, 6.45) is -3.86. The molecule has 1 aromatic rings. The molecule has 1 aromatic heterocycles. The van der Waals surface area contributed by atoms with Crippen LogP contribution in [0.25, 0.3) is 0 Å². The van der Waals surface area contributed by atoms with Gasteiger partial charge in [0.2, 0.25) is 15.9 Å². The van der Waals surface area contributed by atoms with Gasteiger partial charge in [0.15, 0.2) is 0 Å². The van der Waals surface area contributed by atoms with E-state index in [1.807, 2.05) is 17.2 Å². The normalized spacial score (nSPS) is 22.8. The molecule has 2 fully saturated rings. The summed E-state index contributed by atoms with van der Waals surface area (Å²) in [6, 6.07) is 0. The average molecular weight is 457 g/mol. The van der Waals surface area contributed by atoms with E-state index in [9.17, 15) is 26.4 Å². The Morgan fingerprint density at radius 1 is 1.38 bits per heavy atom. The van der Waals surface area contributed by atoms with Gasteiger partial charge in [-0.05, 0) is 20.3 Å². The zero-order valence-corrected chi connectivity index (χ0v) is 17.5. The molecule has 2 saturated heterocycles. The van der Waals surface area contributed by atoms with Gasteiger partial charge < -0.3 is 10.0 Å². The molecule has 1 unspecified atom stereocenters. The number of hydrogen-bond acceptors (Lipinski definition) is 6. The summed E-state index contributed by atoms with van der Waals surface area (Å²) in [5, 5.41) is 10.1.